The monoisotopic (exact) mass is 301 g/mol. The van der Waals surface area contributed by atoms with Crippen molar-refractivity contribution in [2.45, 2.75) is 84.8 Å². The Balaban J connectivity index is 5.23. The number of hydrogen-bond acceptors (Lipinski definition) is 3. The van der Waals surface area contributed by atoms with Crippen LogP contribution in [0.1, 0.15) is 73.6 Å². The minimum absolute atomic E-state index is 0.379. The largest absolute Gasteiger partial charge is 0.480 e. The molecule has 0 aliphatic carbocycles. The van der Waals surface area contributed by atoms with Crippen LogP contribution < -0.4 is 0 Å². The number of rotatable bonds is 8. The molecule has 1 amide bonds. The molecule has 1 N–H and O–H groups in total. The quantitative estimate of drug-likeness (QED) is 0.687. The molecular formula is C16H31NO4. The van der Waals surface area contributed by atoms with Crippen LogP contribution in [0.3, 0.4) is 0 Å². The third-order valence-electron chi connectivity index (χ3n) is 3.38. The van der Waals surface area contributed by atoms with Gasteiger partial charge in [0.05, 0.1) is 0 Å². The lowest BCUT2D eigenvalue weighted by atomic mass is 9.92. The van der Waals surface area contributed by atoms with E-state index in [0.29, 0.717) is 19.4 Å². The third-order valence-corrected chi connectivity index (χ3v) is 3.38. The highest BCUT2D eigenvalue weighted by Crippen LogP contribution is 2.26. The Morgan fingerprint density at radius 2 is 1.62 bits per heavy atom. The predicted octanol–water partition coefficient (Wildman–Crippen LogP) is 4.06. The molecule has 0 saturated heterocycles. The molecule has 0 aromatic rings. The number of carbonyl (C=O) groups is 2. The zero-order chi connectivity index (χ0) is 16.7. The van der Waals surface area contributed by atoms with E-state index in [2.05, 4.69) is 6.92 Å². The van der Waals surface area contributed by atoms with Gasteiger partial charge in [-0.2, -0.15) is 0 Å². The summed E-state index contributed by atoms with van der Waals surface area (Å²) < 4.78 is 5.38. The molecule has 0 saturated carbocycles. The Bertz CT molecular complexity index is 349. The summed E-state index contributed by atoms with van der Waals surface area (Å²) in [6.07, 6.45) is 3.33. The van der Waals surface area contributed by atoms with Crippen molar-refractivity contribution < 1.29 is 19.4 Å². The summed E-state index contributed by atoms with van der Waals surface area (Å²) >= 11 is 0. The van der Waals surface area contributed by atoms with Crippen LogP contribution in [0.15, 0.2) is 0 Å². The molecule has 21 heavy (non-hydrogen) atoms. The van der Waals surface area contributed by atoms with Crippen LogP contribution in [0.2, 0.25) is 0 Å². The number of carboxylic acids is 1. The van der Waals surface area contributed by atoms with Crippen molar-refractivity contribution in [3.8, 4) is 0 Å². The van der Waals surface area contributed by atoms with Gasteiger partial charge >= 0.3 is 12.1 Å². The van der Waals surface area contributed by atoms with Crippen LogP contribution in [0.5, 0.6) is 0 Å². The van der Waals surface area contributed by atoms with Gasteiger partial charge in [0, 0.05) is 6.54 Å². The first kappa shape index (κ1) is 19.7. The minimum atomic E-state index is -1.21. The number of unbranched alkanes of at least 4 members (excludes halogenated alkanes) is 2. The van der Waals surface area contributed by atoms with E-state index in [1.54, 1.807) is 27.7 Å². The van der Waals surface area contributed by atoms with Gasteiger partial charge < -0.3 is 9.84 Å². The topological polar surface area (TPSA) is 66.8 Å². The Labute approximate surface area is 128 Å². The number of hydrogen-bond donors (Lipinski definition) is 1. The first-order valence-corrected chi connectivity index (χ1v) is 7.82. The highest BCUT2D eigenvalue weighted by molar-refractivity contribution is 5.84. The van der Waals surface area contributed by atoms with Gasteiger partial charge in [-0.3, -0.25) is 4.90 Å². The van der Waals surface area contributed by atoms with Gasteiger partial charge in [-0.25, -0.2) is 9.59 Å². The number of carbonyl (C=O) groups excluding carboxylic acids is 1. The van der Waals surface area contributed by atoms with Crippen molar-refractivity contribution in [3.05, 3.63) is 0 Å². The van der Waals surface area contributed by atoms with Gasteiger partial charge in [0.2, 0.25) is 0 Å². The number of aliphatic carboxylic acids is 1. The zero-order valence-corrected chi connectivity index (χ0v) is 14.4. The first-order valence-electron chi connectivity index (χ1n) is 7.82. The van der Waals surface area contributed by atoms with E-state index in [1.165, 1.54) is 4.90 Å². The van der Waals surface area contributed by atoms with Crippen molar-refractivity contribution in [2.75, 3.05) is 6.54 Å². The summed E-state index contributed by atoms with van der Waals surface area (Å²) in [4.78, 5) is 25.5. The highest BCUT2D eigenvalue weighted by Gasteiger charge is 2.43. The average molecular weight is 301 g/mol. The molecule has 0 aliphatic heterocycles. The molecule has 0 rings (SSSR count). The van der Waals surface area contributed by atoms with Crippen LogP contribution in [0.4, 0.5) is 4.79 Å². The van der Waals surface area contributed by atoms with Crippen molar-refractivity contribution in [1.82, 2.24) is 4.90 Å². The molecule has 0 spiro atoms. The summed E-state index contributed by atoms with van der Waals surface area (Å²) in [6, 6.07) is 0. The predicted molar refractivity (Wildman–Crippen MR) is 83.4 cm³/mol. The first-order chi connectivity index (χ1) is 9.58. The van der Waals surface area contributed by atoms with Gasteiger partial charge in [0.15, 0.2) is 0 Å². The van der Waals surface area contributed by atoms with Gasteiger partial charge in [-0.05, 0) is 40.5 Å². The van der Waals surface area contributed by atoms with E-state index in [4.69, 9.17) is 4.74 Å². The fourth-order valence-electron chi connectivity index (χ4n) is 2.16. The highest BCUT2D eigenvalue weighted by atomic mass is 16.6. The van der Waals surface area contributed by atoms with Crippen molar-refractivity contribution >= 4 is 12.1 Å². The molecule has 0 aliphatic rings. The summed E-state index contributed by atoms with van der Waals surface area (Å²) in [5, 5.41) is 9.63. The molecule has 0 fully saturated rings. The van der Waals surface area contributed by atoms with E-state index in [9.17, 15) is 14.7 Å². The normalized spacial score (nSPS) is 14.4. The fourth-order valence-corrected chi connectivity index (χ4v) is 2.16. The van der Waals surface area contributed by atoms with Crippen LogP contribution in [-0.2, 0) is 9.53 Å². The van der Waals surface area contributed by atoms with Crippen LogP contribution in [-0.4, -0.2) is 39.8 Å². The molecule has 0 aromatic carbocycles. The second kappa shape index (κ2) is 8.25. The molecule has 0 aromatic heterocycles. The standard InChI is InChI=1S/C16H31NO4/c1-7-9-10-11-16(6,13(18)19)17(12-8-2)14(20)21-15(3,4)5/h7-12H2,1-6H3,(H,18,19). The molecule has 0 bridgehead atoms. The molecule has 1 unspecified atom stereocenters. The maximum atomic E-state index is 12.4. The minimum Gasteiger partial charge on any atom is -0.480 e. The Morgan fingerprint density at radius 1 is 1.05 bits per heavy atom. The lowest BCUT2D eigenvalue weighted by Gasteiger charge is -2.38. The van der Waals surface area contributed by atoms with Crippen LogP contribution in [0.25, 0.3) is 0 Å². The lowest BCUT2D eigenvalue weighted by Crippen LogP contribution is -2.56. The Morgan fingerprint density at radius 3 is 2.00 bits per heavy atom. The number of nitrogens with zero attached hydrogens (tertiary/aromatic N) is 1. The number of ether oxygens (including phenoxy) is 1. The summed E-state index contributed by atoms with van der Waals surface area (Å²) in [5.41, 5.74) is -1.85. The van der Waals surface area contributed by atoms with E-state index in [-0.39, 0.29) is 0 Å². The van der Waals surface area contributed by atoms with Gasteiger partial charge in [0.1, 0.15) is 11.1 Å². The molecule has 5 nitrogen and oxygen atoms in total. The molecule has 5 heteroatoms. The fraction of sp³-hybridized carbons (Fsp3) is 0.875. The van der Waals surface area contributed by atoms with E-state index in [1.807, 2.05) is 6.92 Å². The molecule has 0 radical (unpaired) electrons. The maximum absolute atomic E-state index is 12.4. The van der Waals surface area contributed by atoms with Gasteiger partial charge in [-0.1, -0.05) is 33.1 Å². The van der Waals surface area contributed by atoms with E-state index < -0.39 is 23.2 Å². The lowest BCUT2D eigenvalue weighted by molar-refractivity contribution is -0.150. The smallest absolute Gasteiger partial charge is 0.411 e. The van der Waals surface area contributed by atoms with E-state index >= 15 is 0 Å². The summed E-state index contributed by atoms with van der Waals surface area (Å²) in [7, 11) is 0. The second-order valence-electron chi connectivity index (χ2n) is 6.67. The second-order valence-corrected chi connectivity index (χ2v) is 6.67. The Kier molecular flexibility index (Phi) is 7.75. The van der Waals surface area contributed by atoms with E-state index in [0.717, 1.165) is 19.3 Å². The maximum Gasteiger partial charge on any atom is 0.411 e. The number of carboxylic acid groups (broad SMARTS) is 1. The van der Waals surface area contributed by atoms with Crippen molar-refractivity contribution in [1.29, 1.82) is 0 Å². The van der Waals surface area contributed by atoms with Crippen molar-refractivity contribution in [2.24, 2.45) is 0 Å². The third kappa shape index (κ3) is 6.36. The average Bonchev–Trinajstić information content (AvgIpc) is 2.33. The van der Waals surface area contributed by atoms with Crippen molar-refractivity contribution in [3.63, 3.8) is 0 Å². The molecule has 124 valence electrons. The number of amides is 1. The summed E-state index contributed by atoms with van der Waals surface area (Å²) in [6.45, 7) is 11.3. The van der Waals surface area contributed by atoms with Crippen LogP contribution >= 0.6 is 0 Å². The Hall–Kier alpha value is -1.26. The van der Waals surface area contributed by atoms with Crippen LogP contribution in [0, 0.1) is 0 Å². The van der Waals surface area contributed by atoms with Gasteiger partial charge in [-0.15, -0.1) is 0 Å². The SMILES string of the molecule is CCCCCC(C)(C(=O)O)N(CCC)C(=O)OC(C)(C)C. The van der Waals surface area contributed by atoms with Gasteiger partial charge in [0.25, 0.3) is 0 Å². The summed E-state index contributed by atoms with van der Waals surface area (Å²) in [5.74, 6) is -0.974. The molecule has 1 atom stereocenters. The molecule has 0 heterocycles. The zero-order valence-electron chi connectivity index (χ0n) is 14.4. The molecular weight excluding hydrogens is 270 g/mol.